The van der Waals surface area contributed by atoms with Gasteiger partial charge in [0.2, 0.25) is 0 Å². The van der Waals surface area contributed by atoms with Gasteiger partial charge >= 0.3 is 12.1 Å². The first kappa shape index (κ1) is 40.8. The van der Waals surface area contributed by atoms with Crippen molar-refractivity contribution in [3.8, 4) is 0 Å². The normalized spacial score (nSPS) is 19.3. The highest BCUT2D eigenvalue weighted by Gasteiger charge is 2.33. The first-order valence-electron chi connectivity index (χ1n) is 17.5. The molecule has 0 radical (unpaired) electrons. The molecule has 11 heteroatoms. The van der Waals surface area contributed by atoms with E-state index in [2.05, 4.69) is 32.6 Å². The molecule has 2 aromatic carbocycles. The van der Waals surface area contributed by atoms with Gasteiger partial charge < -0.3 is 24.5 Å². The number of ether oxygens (including phenoxy) is 1. The number of hydrogen-bond donors (Lipinski definition) is 1. The van der Waals surface area contributed by atoms with Crippen molar-refractivity contribution in [3.63, 3.8) is 0 Å². The van der Waals surface area contributed by atoms with Gasteiger partial charge in [-0.05, 0) is 74.9 Å². The minimum atomic E-state index is -4.34. The first-order valence-corrected chi connectivity index (χ1v) is 17.5. The summed E-state index contributed by atoms with van der Waals surface area (Å²) in [4.78, 5) is 29.2. The summed E-state index contributed by atoms with van der Waals surface area (Å²) in [5, 5.41) is 8.94. The molecule has 2 heterocycles. The molecule has 3 aliphatic rings. The summed E-state index contributed by atoms with van der Waals surface area (Å²) in [5.41, 5.74) is 0.403. The maximum Gasteiger partial charge on any atom is 0.416 e. The highest BCUT2D eigenvalue weighted by molar-refractivity contribution is 5.89. The average Bonchev–Trinajstić information content (AvgIpc) is 3.98. The van der Waals surface area contributed by atoms with Gasteiger partial charge in [-0.2, -0.15) is 13.2 Å². The van der Waals surface area contributed by atoms with E-state index < -0.39 is 23.5 Å². The Bertz CT molecular complexity index is 1250. The third kappa shape index (κ3) is 12.9. The predicted molar refractivity (Wildman–Crippen MR) is 184 cm³/mol. The van der Waals surface area contributed by atoms with Gasteiger partial charge in [-0.25, -0.2) is 9.18 Å². The van der Waals surface area contributed by atoms with Gasteiger partial charge in [-0.1, -0.05) is 59.9 Å². The highest BCUT2D eigenvalue weighted by Crippen LogP contribution is 2.32. The fourth-order valence-electron chi connectivity index (χ4n) is 5.27. The third-order valence-corrected chi connectivity index (χ3v) is 8.36. The van der Waals surface area contributed by atoms with Crippen LogP contribution in [0, 0.1) is 11.7 Å². The van der Waals surface area contributed by atoms with Gasteiger partial charge in [-0.15, -0.1) is 0 Å². The molecule has 0 bridgehead atoms. The van der Waals surface area contributed by atoms with Crippen LogP contribution in [0.5, 0.6) is 0 Å². The standard InChI is InChI=1S/C18H23F3N2O2.C14H20FNO2.C3H6.C2H6/c1-13-5-6-16(25-12-13)17(24)23-9-7-22(8-10-23)15-4-2-3-14(11-15)18(19,20)21;1-4-8-16(10(3)5-2)11-6-7-13(15)12(9-11)14(17)18;1-2-3-1;1-2/h2-4,11,13,16H,5-10,12H2,1H3;6-7,9-10H,4-5,8H2,1-3H3,(H,17,18);1-3H2;1-2H3. The molecular formula is C37H55F4N3O4. The van der Waals surface area contributed by atoms with E-state index in [1.165, 1.54) is 43.5 Å². The van der Waals surface area contributed by atoms with E-state index >= 15 is 0 Å². The summed E-state index contributed by atoms with van der Waals surface area (Å²) < 4.78 is 57.5. The molecule has 7 nitrogen and oxygen atoms in total. The van der Waals surface area contributed by atoms with Crippen molar-refractivity contribution in [2.75, 3.05) is 49.1 Å². The SMILES string of the molecule is C1CC1.CC.CC1CCC(C(=O)N2CCN(c3cccc(C(F)(F)F)c3)CC2)OC1.CCCN(c1ccc(F)c(C(=O)O)c1)C(C)CC. The number of hydrogen-bond acceptors (Lipinski definition) is 5. The topological polar surface area (TPSA) is 73.3 Å². The van der Waals surface area contributed by atoms with E-state index in [1.54, 1.807) is 17.0 Å². The fourth-order valence-corrected chi connectivity index (χ4v) is 5.27. The van der Waals surface area contributed by atoms with Gasteiger partial charge in [0, 0.05) is 50.1 Å². The number of amides is 1. The summed E-state index contributed by atoms with van der Waals surface area (Å²) in [6, 6.07) is 9.93. The molecule has 5 rings (SSSR count). The number of rotatable bonds is 8. The molecule has 1 N–H and O–H groups in total. The van der Waals surface area contributed by atoms with Gasteiger partial charge in [0.25, 0.3) is 5.91 Å². The average molecular weight is 682 g/mol. The molecule has 1 saturated carbocycles. The van der Waals surface area contributed by atoms with Crippen molar-refractivity contribution in [3.05, 3.63) is 59.4 Å². The minimum Gasteiger partial charge on any atom is -0.478 e. The van der Waals surface area contributed by atoms with Crippen LogP contribution >= 0.6 is 0 Å². The number of carboxylic acids is 1. The molecule has 3 fully saturated rings. The summed E-state index contributed by atoms with van der Waals surface area (Å²) in [7, 11) is 0. The lowest BCUT2D eigenvalue weighted by molar-refractivity contribution is -0.148. The Morgan fingerprint density at radius 3 is 2.15 bits per heavy atom. The number of aromatic carboxylic acids is 1. The minimum absolute atomic E-state index is 0.00981. The molecule has 2 saturated heterocycles. The summed E-state index contributed by atoms with van der Waals surface area (Å²) >= 11 is 0. The van der Waals surface area contributed by atoms with Crippen LogP contribution in [0.15, 0.2) is 42.5 Å². The molecular weight excluding hydrogens is 626 g/mol. The van der Waals surface area contributed by atoms with Crippen molar-refractivity contribution < 1.29 is 37.0 Å². The fraction of sp³-hybridized carbons (Fsp3) is 0.622. The Morgan fingerprint density at radius 1 is 1.00 bits per heavy atom. The molecule has 2 aliphatic heterocycles. The van der Waals surface area contributed by atoms with Crippen LogP contribution in [0.25, 0.3) is 0 Å². The molecule has 1 amide bonds. The second-order valence-electron chi connectivity index (χ2n) is 12.3. The summed E-state index contributed by atoms with van der Waals surface area (Å²) in [6.07, 6.45) is 3.44. The van der Waals surface area contributed by atoms with E-state index in [9.17, 15) is 27.2 Å². The first-order chi connectivity index (χ1) is 22.8. The lowest BCUT2D eigenvalue weighted by Gasteiger charge is -2.38. The Labute approximate surface area is 284 Å². The maximum absolute atomic E-state index is 13.4. The molecule has 0 aromatic heterocycles. The number of nitrogens with zero attached hydrogens (tertiary/aromatic N) is 3. The van der Waals surface area contributed by atoms with Crippen LogP contribution in [0.3, 0.4) is 0 Å². The van der Waals surface area contributed by atoms with Crippen molar-refractivity contribution in [1.29, 1.82) is 0 Å². The maximum atomic E-state index is 13.4. The molecule has 0 spiro atoms. The Hall–Kier alpha value is -3.34. The Balaban J connectivity index is 0.000000304. The second kappa shape index (κ2) is 20.2. The molecule has 270 valence electrons. The molecule has 2 aromatic rings. The lowest BCUT2D eigenvalue weighted by atomic mass is 9.99. The zero-order chi connectivity index (χ0) is 35.9. The van der Waals surface area contributed by atoms with E-state index in [0.29, 0.717) is 50.4 Å². The Morgan fingerprint density at radius 2 is 1.65 bits per heavy atom. The van der Waals surface area contributed by atoms with Crippen LogP contribution in [0.4, 0.5) is 28.9 Å². The van der Waals surface area contributed by atoms with Gasteiger partial charge in [0.15, 0.2) is 0 Å². The monoisotopic (exact) mass is 681 g/mol. The van der Waals surface area contributed by atoms with Crippen molar-refractivity contribution in [2.45, 2.75) is 105 Å². The second-order valence-corrected chi connectivity index (χ2v) is 12.3. The molecule has 1 aliphatic carbocycles. The van der Waals surface area contributed by atoms with Gasteiger partial charge in [0.1, 0.15) is 11.9 Å². The smallest absolute Gasteiger partial charge is 0.416 e. The molecule has 3 unspecified atom stereocenters. The van der Waals surface area contributed by atoms with E-state index in [0.717, 1.165) is 44.0 Å². The summed E-state index contributed by atoms with van der Waals surface area (Å²) in [5.74, 6) is -1.42. The number of alkyl halides is 3. The van der Waals surface area contributed by atoms with E-state index in [1.807, 2.05) is 18.7 Å². The van der Waals surface area contributed by atoms with Crippen molar-refractivity contribution in [1.82, 2.24) is 4.90 Å². The number of carbonyl (C=O) groups excluding carboxylic acids is 1. The van der Waals surface area contributed by atoms with E-state index in [-0.39, 0.29) is 17.6 Å². The van der Waals surface area contributed by atoms with Crippen LogP contribution in [-0.4, -0.2) is 73.4 Å². The molecule has 3 atom stereocenters. The van der Waals surface area contributed by atoms with Gasteiger partial charge in [0.05, 0.1) is 17.7 Å². The highest BCUT2D eigenvalue weighted by atomic mass is 19.4. The molecule has 48 heavy (non-hydrogen) atoms. The zero-order valence-electron chi connectivity index (χ0n) is 29.5. The number of piperazine rings is 1. The lowest BCUT2D eigenvalue weighted by Crippen LogP contribution is -2.52. The van der Waals surface area contributed by atoms with Crippen LogP contribution in [0.1, 0.15) is 102 Å². The van der Waals surface area contributed by atoms with Crippen LogP contribution in [0.2, 0.25) is 0 Å². The zero-order valence-corrected chi connectivity index (χ0v) is 29.5. The third-order valence-electron chi connectivity index (χ3n) is 8.36. The van der Waals surface area contributed by atoms with Crippen LogP contribution in [-0.2, 0) is 15.7 Å². The number of carboxylic acid groups (broad SMARTS) is 1. The van der Waals surface area contributed by atoms with Crippen molar-refractivity contribution in [2.24, 2.45) is 5.92 Å². The number of carbonyl (C=O) groups is 2. The number of benzene rings is 2. The van der Waals surface area contributed by atoms with Crippen LogP contribution < -0.4 is 9.80 Å². The quantitative estimate of drug-likeness (QED) is 0.281. The van der Waals surface area contributed by atoms with Gasteiger partial charge in [-0.3, -0.25) is 4.79 Å². The predicted octanol–water partition coefficient (Wildman–Crippen LogP) is 8.90. The van der Waals surface area contributed by atoms with E-state index in [4.69, 9.17) is 9.84 Å². The largest absolute Gasteiger partial charge is 0.478 e. The Kier molecular flexibility index (Phi) is 17.2. The van der Waals surface area contributed by atoms with Crippen molar-refractivity contribution >= 4 is 23.3 Å². The number of halogens is 4. The summed E-state index contributed by atoms with van der Waals surface area (Å²) in [6.45, 7) is 15.8. The number of anilines is 2.